The monoisotopic (exact) mass is 328 g/mol. The third-order valence-electron chi connectivity index (χ3n) is 3.40. The van der Waals surface area contributed by atoms with Crippen molar-refractivity contribution in [2.24, 2.45) is 5.73 Å². The summed E-state index contributed by atoms with van der Waals surface area (Å²) in [5, 5.41) is 7.81. The van der Waals surface area contributed by atoms with Crippen LogP contribution in [0.15, 0.2) is 29.2 Å². The summed E-state index contributed by atoms with van der Waals surface area (Å²) in [5.41, 5.74) is 5.89. The molecule has 0 atom stereocenters. The third-order valence-corrected chi connectivity index (χ3v) is 6.77. The maximum absolute atomic E-state index is 12.2. The SMILES string of the molecule is N=C(N)c1ccc(S(=O)(=O)CCSC2CCOCC2)cc1. The van der Waals surface area contributed by atoms with E-state index in [-0.39, 0.29) is 11.6 Å². The average molecular weight is 328 g/mol. The lowest BCUT2D eigenvalue weighted by Gasteiger charge is -2.21. The third kappa shape index (κ3) is 4.72. The van der Waals surface area contributed by atoms with Crippen LogP contribution in [0.2, 0.25) is 0 Å². The molecule has 1 aliphatic heterocycles. The van der Waals surface area contributed by atoms with Crippen molar-refractivity contribution in [3.8, 4) is 0 Å². The Kier molecular flexibility index (Phi) is 5.66. The van der Waals surface area contributed by atoms with E-state index in [2.05, 4.69) is 0 Å². The molecule has 3 N–H and O–H groups in total. The highest BCUT2D eigenvalue weighted by molar-refractivity contribution is 8.01. The van der Waals surface area contributed by atoms with E-state index in [1.54, 1.807) is 23.9 Å². The van der Waals surface area contributed by atoms with Gasteiger partial charge in [-0.15, -0.1) is 0 Å². The van der Waals surface area contributed by atoms with Crippen molar-refractivity contribution in [2.45, 2.75) is 23.0 Å². The first-order chi connectivity index (χ1) is 9.99. The molecular formula is C14H20N2O3S2. The summed E-state index contributed by atoms with van der Waals surface area (Å²) in [6.07, 6.45) is 2.00. The zero-order valence-corrected chi connectivity index (χ0v) is 13.4. The Hall–Kier alpha value is -1.05. The summed E-state index contributed by atoms with van der Waals surface area (Å²) in [7, 11) is -3.27. The van der Waals surface area contributed by atoms with Gasteiger partial charge in [-0.2, -0.15) is 11.8 Å². The zero-order valence-electron chi connectivity index (χ0n) is 11.7. The van der Waals surface area contributed by atoms with Crippen molar-refractivity contribution < 1.29 is 13.2 Å². The molecule has 7 heteroatoms. The van der Waals surface area contributed by atoms with E-state index in [0.29, 0.717) is 21.5 Å². The minimum absolute atomic E-state index is 0.0611. The Balaban J connectivity index is 1.90. The summed E-state index contributed by atoms with van der Waals surface area (Å²) in [4.78, 5) is 0.292. The number of amidine groups is 1. The molecule has 2 rings (SSSR count). The van der Waals surface area contributed by atoms with E-state index in [1.807, 2.05) is 0 Å². The van der Waals surface area contributed by atoms with Crippen LogP contribution < -0.4 is 5.73 Å². The van der Waals surface area contributed by atoms with Crippen molar-refractivity contribution >= 4 is 27.4 Å². The van der Waals surface area contributed by atoms with Gasteiger partial charge in [0, 0.05) is 29.8 Å². The molecule has 1 aromatic carbocycles. The van der Waals surface area contributed by atoms with Crippen molar-refractivity contribution in [1.82, 2.24) is 0 Å². The molecule has 0 aromatic heterocycles. The van der Waals surface area contributed by atoms with Gasteiger partial charge in [0.05, 0.1) is 10.6 Å². The van der Waals surface area contributed by atoms with Gasteiger partial charge < -0.3 is 10.5 Å². The zero-order chi connectivity index (χ0) is 15.3. The largest absolute Gasteiger partial charge is 0.384 e. The summed E-state index contributed by atoms with van der Waals surface area (Å²) < 4.78 is 29.8. The molecule has 0 aliphatic carbocycles. The van der Waals surface area contributed by atoms with Crippen LogP contribution in [-0.4, -0.2) is 44.2 Å². The fourth-order valence-corrected chi connectivity index (χ4v) is 5.03. The Labute approximate surface area is 129 Å². The number of hydrogen-bond acceptors (Lipinski definition) is 5. The predicted molar refractivity (Wildman–Crippen MR) is 85.8 cm³/mol. The molecule has 0 saturated carbocycles. The van der Waals surface area contributed by atoms with E-state index in [1.165, 1.54) is 12.1 Å². The minimum atomic E-state index is -3.27. The molecule has 1 aliphatic rings. The van der Waals surface area contributed by atoms with Crippen LogP contribution in [0.25, 0.3) is 0 Å². The number of nitrogen functional groups attached to an aromatic ring is 1. The molecule has 0 bridgehead atoms. The second kappa shape index (κ2) is 7.29. The molecule has 0 radical (unpaired) electrons. The highest BCUT2D eigenvalue weighted by Crippen LogP contribution is 2.23. The van der Waals surface area contributed by atoms with Crippen LogP contribution in [0, 0.1) is 5.41 Å². The first-order valence-corrected chi connectivity index (χ1v) is 9.56. The van der Waals surface area contributed by atoms with Gasteiger partial charge >= 0.3 is 0 Å². The van der Waals surface area contributed by atoms with E-state index >= 15 is 0 Å². The number of benzene rings is 1. The van der Waals surface area contributed by atoms with Crippen LogP contribution in [0.5, 0.6) is 0 Å². The predicted octanol–water partition coefficient (Wildman–Crippen LogP) is 1.66. The Bertz CT molecular complexity index is 579. The summed E-state index contributed by atoms with van der Waals surface area (Å²) >= 11 is 1.71. The lowest BCUT2D eigenvalue weighted by molar-refractivity contribution is 0.100. The Morgan fingerprint density at radius 1 is 1.29 bits per heavy atom. The number of sulfone groups is 1. The Morgan fingerprint density at radius 3 is 2.48 bits per heavy atom. The van der Waals surface area contributed by atoms with E-state index in [0.717, 1.165) is 26.1 Å². The molecular weight excluding hydrogens is 308 g/mol. The summed E-state index contributed by atoms with van der Waals surface area (Å²) in [6.45, 7) is 1.55. The van der Waals surface area contributed by atoms with Crippen molar-refractivity contribution in [2.75, 3.05) is 24.7 Å². The molecule has 1 heterocycles. The van der Waals surface area contributed by atoms with Crippen molar-refractivity contribution in [1.29, 1.82) is 5.41 Å². The number of thioether (sulfide) groups is 1. The second-order valence-electron chi connectivity index (χ2n) is 4.94. The van der Waals surface area contributed by atoms with Crippen LogP contribution in [0.4, 0.5) is 0 Å². The summed E-state index contributed by atoms with van der Waals surface area (Å²) in [6, 6.07) is 6.18. The minimum Gasteiger partial charge on any atom is -0.384 e. The van der Waals surface area contributed by atoms with Crippen LogP contribution in [0.1, 0.15) is 18.4 Å². The normalized spacial score (nSPS) is 16.8. The Morgan fingerprint density at radius 2 is 1.90 bits per heavy atom. The van der Waals surface area contributed by atoms with Crippen LogP contribution in [-0.2, 0) is 14.6 Å². The fourth-order valence-electron chi connectivity index (χ4n) is 2.13. The van der Waals surface area contributed by atoms with Crippen LogP contribution >= 0.6 is 11.8 Å². The van der Waals surface area contributed by atoms with E-state index in [9.17, 15) is 8.42 Å². The van der Waals surface area contributed by atoms with Gasteiger partial charge in [-0.3, -0.25) is 5.41 Å². The highest BCUT2D eigenvalue weighted by atomic mass is 32.2. The maximum Gasteiger partial charge on any atom is 0.179 e. The molecule has 0 spiro atoms. The molecule has 1 fully saturated rings. The van der Waals surface area contributed by atoms with Gasteiger partial charge in [-0.25, -0.2) is 8.42 Å². The van der Waals surface area contributed by atoms with E-state index < -0.39 is 9.84 Å². The van der Waals surface area contributed by atoms with Gasteiger partial charge in [0.1, 0.15) is 5.84 Å². The first kappa shape index (κ1) is 16.3. The van der Waals surface area contributed by atoms with E-state index in [4.69, 9.17) is 15.9 Å². The number of hydrogen-bond donors (Lipinski definition) is 2. The number of nitrogens with one attached hydrogen (secondary N) is 1. The molecule has 0 unspecified atom stereocenters. The molecule has 1 saturated heterocycles. The topological polar surface area (TPSA) is 93.2 Å². The quantitative estimate of drug-likeness (QED) is 0.612. The van der Waals surface area contributed by atoms with Gasteiger partial charge in [0.15, 0.2) is 9.84 Å². The maximum atomic E-state index is 12.2. The number of nitrogens with two attached hydrogens (primary N) is 1. The second-order valence-corrected chi connectivity index (χ2v) is 8.46. The lowest BCUT2D eigenvalue weighted by Crippen LogP contribution is -2.19. The molecule has 1 aromatic rings. The molecule has 0 amide bonds. The smallest absolute Gasteiger partial charge is 0.179 e. The van der Waals surface area contributed by atoms with Gasteiger partial charge in [-0.1, -0.05) is 12.1 Å². The number of ether oxygens (including phenoxy) is 1. The fraction of sp³-hybridized carbons (Fsp3) is 0.500. The van der Waals surface area contributed by atoms with Gasteiger partial charge in [-0.05, 0) is 25.0 Å². The van der Waals surface area contributed by atoms with Crippen molar-refractivity contribution in [3.05, 3.63) is 29.8 Å². The molecule has 116 valence electrons. The molecule has 21 heavy (non-hydrogen) atoms. The highest BCUT2D eigenvalue weighted by Gasteiger charge is 2.18. The van der Waals surface area contributed by atoms with Gasteiger partial charge in [0.25, 0.3) is 0 Å². The van der Waals surface area contributed by atoms with Crippen LogP contribution in [0.3, 0.4) is 0 Å². The lowest BCUT2D eigenvalue weighted by atomic mass is 10.2. The standard InChI is InChI=1S/C14H20N2O3S2/c15-14(16)11-1-3-13(4-2-11)21(17,18)10-9-20-12-5-7-19-8-6-12/h1-4,12H,5-10H2,(H3,15,16). The average Bonchev–Trinajstić information content (AvgIpc) is 2.48. The van der Waals surface area contributed by atoms with Crippen molar-refractivity contribution in [3.63, 3.8) is 0 Å². The van der Waals surface area contributed by atoms with Gasteiger partial charge in [0.2, 0.25) is 0 Å². The molecule has 5 nitrogen and oxygen atoms in total. The summed E-state index contributed by atoms with van der Waals surface area (Å²) in [5.74, 6) is 0.671. The number of rotatable bonds is 6. The first-order valence-electron chi connectivity index (χ1n) is 6.85.